The largest absolute Gasteiger partial charge is 0.465 e. The number of likely N-dealkylation sites (N-methyl/N-ethyl adjacent to an activating group) is 1. The Bertz CT molecular complexity index is 939. The summed E-state index contributed by atoms with van der Waals surface area (Å²) in [5, 5.41) is 4.78. The van der Waals surface area contributed by atoms with Gasteiger partial charge in [-0.05, 0) is 35.4 Å². The van der Waals surface area contributed by atoms with Gasteiger partial charge in [0.15, 0.2) is 0 Å². The number of pyridine rings is 1. The summed E-state index contributed by atoms with van der Waals surface area (Å²) in [6.45, 7) is 3.64. The standard InChI is InChI=1S/C18H23N3O5S2/c1-12(2)8-13-11-27-17(16(13)18(23)26-4)20-15(22)10-21(3)28(24,25)14-6-5-7-19-9-14/h5-7,9,11-12H,8,10H2,1-4H3,(H,20,22). The molecule has 0 aliphatic heterocycles. The highest BCUT2D eigenvalue weighted by atomic mass is 32.2. The van der Waals surface area contributed by atoms with Crippen LogP contribution in [0.25, 0.3) is 0 Å². The zero-order valence-corrected chi connectivity index (χ0v) is 17.8. The van der Waals surface area contributed by atoms with E-state index < -0.39 is 28.4 Å². The summed E-state index contributed by atoms with van der Waals surface area (Å²) in [7, 11) is -1.26. The third-order valence-corrected chi connectivity index (χ3v) is 6.58. The van der Waals surface area contributed by atoms with Crippen LogP contribution >= 0.6 is 11.3 Å². The molecule has 10 heteroatoms. The maximum atomic E-state index is 12.5. The van der Waals surface area contributed by atoms with Crippen LogP contribution < -0.4 is 5.32 Å². The van der Waals surface area contributed by atoms with Crippen LogP contribution in [-0.4, -0.2) is 50.3 Å². The molecule has 0 unspecified atom stereocenters. The molecule has 1 amide bonds. The summed E-state index contributed by atoms with van der Waals surface area (Å²) in [6, 6.07) is 2.91. The Morgan fingerprint density at radius 1 is 1.36 bits per heavy atom. The fraction of sp³-hybridized carbons (Fsp3) is 0.389. The third kappa shape index (κ3) is 5.15. The van der Waals surface area contributed by atoms with Crippen LogP contribution in [0.1, 0.15) is 29.8 Å². The average molecular weight is 426 g/mol. The van der Waals surface area contributed by atoms with Crippen LogP contribution in [0.2, 0.25) is 0 Å². The molecule has 28 heavy (non-hydrogen) atoms. The molecule has 0 saturated heterocycles. The molecule has 0 fully saturated rings. The van der Waals surface area contributed by atoms with E-state index >= 15 is 0 Å². The lowest BCUT2D eigenvalue weighted by Gasteiger charge is -2.16. The Kier molecular flexibility index (Phi) is 7.28. The Hall–Kier alpha value is -2.30. The molecule has 0 aromatic carbocycles. The first-order chi connectivity index (χ1) is 13.2. The molecule has 0 aliphatic carbocycles. The molecule has 0 atom stereocenters. The van der Waals surface area contributed by atoms with Crippen molar-refractivity contribution in [3.05, 3.63) is 41.0 Å². The topological polar surface area (TPSA) is 106 Å². The Morgan fingerprint density at radius 3 is 2.64 bits per heavy atom. The lowest BCUT2D eigenvalue weighted by atomic mass is 10.0. The second-order valence-corrected chi connectivity index (χ2v) is 9.48. The lowest BCUT2D eigenvalue weighted by Crippen LogP contribution is -2.35. The van der Waals surface area contributed by atoms with E-state index in [1.165, 1.54) is 50.0 Å². The Labute approximate surface area is 168 Å². The average Bonchev–Trinajstić information content (AvgIpc) is 3.02. The highest BCUT2D eigenvalue weighted by Gasteiger charge is 2.25. The summed E-state index contributed by atoms with van der Waals surface area (Å²) < 4.78 is 30.8. The van der Waals surface area contributed by atoms with Gasteiger partial charge in [0.2, 0.25) is 15.9 Å². The van der Waals surface area contributed by atoms with E-state index in [-0.39, 0.29) is 4.90 Å². The van der Waals surface area contributed by atoms with Gasteiger partial charge in [-0.2, -0.15) is 4.31 Å². The number of anilines is 1. The number of hydrogen-bond donors (Lipinski definition) is 1. The van der Waals surface area contributed by atoms with E-state index in [2.05, 4.69) is 10.3 Å². The van der Waals surface area contributed by atoms with Crippen molar-refractivity contribution in [3.63, 3.8) is 0 Å². The highest BCUT2D eigenvalue weighted by molar-refractivity contribution is 7.89. The van der Waals surface area contributed by atoms with E-state index in [9.17, 15) is 18.0 Å². The van der Waals surface area contributed by atoms with Gasteiger partial charge in [-0.25, -0.2) is 13.2 Å². The number of thiophene rings is 1. The summed E-state index contributed by atoms with van der Waals surface area (Å²) in [4.78, 5) is 28.4. The molecule has 8 nitrogen and oxygen atoms in total. The number of ether oxygens (including phenoxy) is 1. The first-order valence-corrected chi connectivity index (χ1v) is 10.8. The van der Waals surface area contributed by atoms with Crippen LogP contribution in [0, 0.1) is 5.92 Å². The van der Waals surface area contributed by atoms with Gasteiger partial charge in [0, 0.05) is 19.4 Å². The number of aromatic nitrogens is 1. The van der Waals surface area contributed by atoms with E-state index in [0.717, 1.165) is 9.87 Å². The summed E-state index contributed by atoms with van der Waals surface area (Å²) in [6.07, 6.45) is 3.34. The molecule has 0 spiro atoms. The van der Waals surface area contributed by atoms with Crippen molar-refractivity contribution in [1.82, 2.24) is 9.29 Å². The molecule has 2 rings (SSSR count). The highest BCUT2D eigenvalue weighted by Crippen LogP contribution is 2.30. The fourth-order valence-corrected chi connectivity index (χ4v) is 4.61. The second kappa shape index (κ2) is 9.26. The predicted octanol–water partition coefficient (Wildman–Crippen LogP) is 2.39. The van der Waals surface area contributed by atoms with Crippen LogP contribution in [0.3, 0.4) is 0 Å². The van der Waals surface area contributed by atoms with E-state index in [0.29, 0.717) is 22.9 Å². The minimum absolute atomic E-state index is 0.00380. The summed E-state index contributed by atoms with van der Waals surface area (Å²) >= 11 is 1.21. The minimum Gasteiger partial charge on any atom is -0.465 e. The lowest BCUT2D eigenvalue weighted by molar-refractivity contribution is -0.116. The van der Waals surface area contributed by atoms with Crippen LogP contribution in [0.4, 0.5) is 5.00 Å². The number of carbonyl (C=O) groups is 2. The van der Waals surface area contributed by atoms with Crippen molar-refractivity contribution in [2.45, 2.75) is 25.2 Å². The van der Waals surface area contributed by atoms with Crippen LogP contribution in [0.15, 0.2) is 34.8 Å². The fourth-order valence-electron chi connectivity index (χ4n) is 2.53. The maximum absolute atomic E-state index is 12.5. The number of esters is 1. The SMILES string of the molecule is COC(=O)c1c(CC(C)C)csc1NC(=O)CN(C)S(=O)(=O)c1cccnc1. The van der Waals surface area contributed by atoms with Gasteiger partial charge in [-0.3, -0.25) is 9.78 Å². The molecular weight excluding hydrogens is 402 g/mol. The predicted molar refractivity (Wildman–Crippen MR) is 107 cm³/mol. The van der Waals surface area contributed by atoms with Crippen molar-refractivity contribution in [2.75, 3.05) is 26.0 Å². The molecular formula is C18H23N3O5S2. The summed E-state index contributed by atoms with van der Waals surface area (Å²) in [5.74, 6) is -0.779. The Balaban J connectivity index is 2.17. The van der Waals surface area contributed by atoms with E-state index in [1.807, 2.05) is 13.8 Å². The maximum Gasteiger partial charge on any atom is 0.341 e. The van der Waals surface area contributed by atoms with Gasteiger partial charge in [0.05, 0.1) is 19.2 Å². The first kappa shape index (κ1) is 22.0. The van der Waals surface area contributed by atoms with Gasteiger partial charge in [0.1, 0.15) is 9.90 Å². The van der Waals surface area contributed by atoms with E-state index in [1.54, 1.807) is 5.38 Å². The first-order valence-electron chi connectivity index (χ1n) is 8.51. The van der Waals surface area contributed by atoms with E-state index in [4.69, 9.17) is 4.74 Å². The van der Waals surface area contributed by atoms with Crippen molar-refractivity contribution < 1.29 is 22.7 Å². The molecule has 2 aromatic heterocycles. The van der Waals surface area contributed by atoms with Gasteiger partial charge in [-0.15, -0.1) is 11.3 Å². The van der Waals surface area contributed by atoms with Crippen molar-refractivity contribution in [3.8, 4) is 0 Å². The van der Waals surface area contributed by atoms with Crippen molar-refractivity contribution in [2.24, 2.45) is 5.92 Å². The summed E-state index contributed by atoms with van der Waals surface area (Å²) in [5.41, 5.74) is 1.10. The third-order valence-electron chi connectivity index (χ3n) is 3.85. The quantitative estimate of drug-likeness (QED) is 0.651. The zero-order valence-electron chi connectivity index (χ0n) is 16.1. The number of rotatable bonds is 8. The smallest absolute Gasteiger partial charge is 0.341 e. The molecule has 0 radical (unpaired) electrons. The van der Waals surface area contributed by atoms with Gasteiger partial charge < -0.3 is 10.1 Å². The van der Waals surface area contributed by atoms with Gasteiger partial charge in [0.25, 0.3) is 0 Å². The number of methoxy groups -OCH3 is 1. The number of carbonyl (C=O) groups excluding carboxylic acids is 2. The number of sulfonamides is 1. The number of amides is 1. The van der Waals surface area contributed by atoms with Gasteiger partial charge in [-0.1, -0.05) is 13.8 Å². The molecule has 0 aliphatic rings. The van der Waals surface area contributed by atoms with Gasteiger partial charge >= 0.3 is 5.97 Å². The second-order valence-electron chi connectivity index (χ2n) is 6.55. The number of nitrogens with zero attached hydrogens (tertiary/aromatic N) is 2. The molecule has 152 valence electrons. The minimum atomic E-state index is -3.85. The monoisotopic (exact) mass is 425 g/mol. The molecule has 2 heterocycles. The molecule has 0 saturated carbocycles. The van der Waals surface area contributed by atoms with Crippen LogP contribution in [-0.2, 0) is 26.0 Å². The molecule has 0 bridgehead atoms. The molecule has 1 N–H and O–H groups in total. The zero-order chi connectivity index (χ0) is 20.9. The molecule has 2 aromatic rings. The Morgan fingerprint density at radius 2 is 2.07 bits per heavy atom. The number of hydrogen-bond acceptors (Lipinski definition) is 7. The van der Waals surface area contributed by atoms with Crippen molar-refractivity contribution >= 4 is 38.2 Å². The van der Waals surface area contributed by atoms with Crippen LogP contribution in [0.5, 0.6) is 0 Å². The number of nitrogens with one attached hydrogen (secondary N) is 1. The van der Waals surface area contributed by atoms with Crippen molar-refractivity contribution in [1.29, 1.82) is 0 Å². The normalized spacial score (nSPS) is 11.6.